The molecule has 0 fully saturated rings. The quantitative estimate of drug-likeness (QED) is 0.503. The Kier molecular flexibility index (Phi) is 11.7. The van der Waals surface area contributed by atoms with Gasteiger partial charge in [-0.2, -0.15) is 0 Å². The van der Waals surface area contributed by atoms with Gasteiger partial charge in [0.05, 0.1) is 7.11 Å². The lowest BCUT2D eigenvalue weighted by atomic mass is 10.1. The maximum absolute atomic E-state index is 10.2. The minimum absolute atomic E-state index is 0.347. The number of hydrogen-bond donors (Lipinski definition) is 0. The topological polar surface area (TPSA) is 26.3 Å². The molecule has 0 aliphatic carbocycles. The third kappa shape index (κ3) is 9.57. The van der Waals surface area contributed by atoms with E-state index in [9.17, 15) is 4.79 Å². The number of carbonyl (C=O) groups is 1. The largest absolute Gasteiger partial charge is 0.466 e. The van der Waals surface area contributed by atoms with Crippen LogP contribution < -0.4 is 0 Å². The maximum Gasteiger partial charge on any atom is 0.332 e. The molecule has 2 rings (SSSR count). The molecular weight excluding hydrogens is 308 g/mol. The van der Waals surface area contributed by atoms with Gasteiger partial charge in [0.25, 0.3) is 0 Å². The fourth-order valence-corrected chi connectivity index (χ4v) is 1.65. The van der Waals surface area contributed by atoms with Gasteiger partial charge >= 0.3 is 5.97 Å². The molecule has 2 heteroatoms. The molecule has 0 radical (unpaired) electrons. The molecule has 0 bridgehead atoms. The number of benzene rings is 2. The van der Waals surface area contributed by atoms with Crippen LogP contribution in [-0.2, 0) is 9.53 Å². The summed E-state index contributed by atoms with van der Waals surface area (Å²) in [6, 6.07) is 18.0. The summed E-state index contributed by atoms with van der Waals surface area (Å²) < 4.78 is 4.27. The number of carbonyl (C=O) groups excluding carboxylic acids is 1. The predicted molar refractivity (Wildman–Crippen MR) is 110 cm³/mol. The van der Waals surface area contributed by atoms with Crippen LogP contribution in [0.2, 0.25) is 0 Å². The molecule has 0 aliphatic heterocycles. The fraction of sp³-hybridized carbons (Fsp3) is 0.0870. The molecule has 0 atom stereocenters. The van der Waals surface area contributed by atoms with E-state index < -0.39 is 0 Å². The van der Waals surface area contributed by atoms with Crippen LogP contribution in [-0.4, -0.2) is 13.1 Å². The minimum Gasteiger partial charge on any atom is -0.466 e. The van der Waals surface area contributed by atoms with Crippen molar-refractivity contribution >= 4 is 24.2 Å². The molecule has 0 saturated heterocycles. The maximum atomic E-state index is 10.2. The van der Waals surface area contributed by atoms with E-state index >= 15 is 0 Å². The van der Waals surface area contributed by atoms with Crippen LogP contribution in [0.3, 0.4) is 0 Å². The van der Waals surface area contributed by atoms with E-state index in [2.05, 4.69) is 31.1 Å². The number of hydrogen-bond acceptors (Lipinski definition) is 2. The zero-order chi connectivity index (χ0) is 19.1. The van der Waals surface area contributed by atoms with E-state index in [1.54, 1.807) is 6.92 Å². The molecule has 2 nitrogen and oxygen atoms in total. The lowest BCUT2D eigenvalue weighted by molar-refractivity contribution is -0.136. The molecule has 0 amide bonds. The number of esters is 1. The Morgan fingerprint density at radius 3 is 1.52 bits per heavy atom. The Morgan fingerprint density at radius 1 is 0.840 bits per heavy atom. The van der Waals surface area contributed by atoms with Gasteiger partial charge in [0.15, 0.2) is 0 Å². The molecule has 25 heavy (non-hydrogen) atoms. The minimum atomic E-state index is -0.347. The van der Waals surface area contributed by atoms with Crippen molar-refractivity contribution in [3.63, 3.8) is 0 Å². The van der Waals surface area contributed by atoms with Crippen LogP contribution >= 0.6 is 0 Å². The van der Waals surface area contributed by atoms with Crippen molar-refractivity contribution in [3.05, 3.63) is 103 Å². The first-order valence-electron chi connectivity index (χ1n) is 7.75. The average molecular weight is 334 g/mol. The second-order valence-electron chi connectivity index (χ2n) is 4.92. The molecule has 0 spiro atoms. The van der Waals surface area contributed by atoms with Gasteiger partial charge in [-0.3, -0.25) is 0 Å². The summed E-state index contributed by atoms with van der Waals surface area (Å²) in [6.45, 7) is 16.0. The van der Waals surface area contributed by atoms with Gasteiger partial charge in [-0.1, -0.05) is 99.1 Å². The number of rotatable bonds is 4. The standard InChI is InChI=1S/C10H10.C8H8.C5H8O2/c1-3-9-7-5-6-8-10(9)4-2;1-2-8-6-4-3-5-7-8;1-4(2)5(6)7-3/h3-8H,1-2H2;2-7H,1H2;1H2,2-3H3. The van der Waals surface area contributed by atoms with Crippen LogP contribution in [0.15, 0.2) is 86.5 Å². The second-order valence-corrected chi connectivity index (χ2v) is 4.92. The van der Waals surface area contributed by atoms with Crippen molar-refractivity contribution in [2.75, 3.05) is 7.11 Å². The van der Waals surface area contributed by atoms with Gasteiger partial charge in [0.1, 0.15) is 0 Å². The monoisotopic (exact) mass is 334 g/mol. The molecule has 0 saturated carbocycles. The van der Waals surface area contributed by atoms with Crippen LogP contribution in [0.1, 0.15) is 23.6 Å². The zero-order valence-electron chi connectivity index (χ0n) is 15.1. The number of methoxy groups -OCH3 is 1. The molecular formula is C23H26O2. The Morgan fingerprint density at radius 2 is 1.28 bits per heavy atom. The smallest absolute Gasteiger partial charge is 0.332 e. The van der Waals surface area contributed by atoms with Gasteiger partial charge in [0, 0.05) is 5.57 Å². The van der Waals surface area contributed by atoms with Crippen molar-refractivity contribution in [2.24, 2.45) is 0 Å². The molecule has 2 aromatic carbocycles. The van der Waals surface area contributed by atoms with Crippen molar-refractivity contribution in [3.8, 4) is 0 Å². The molecule has 0 aromatic heterocycles. The van der Waals surface area contributed by atoms with Gasteiger partial charge in [-0.05, 0) is 23.6 Å². The first-order valence-corrected chi connectivity index (χ1v) is 7.75. The lowest BCUT2D eigenvalue weighted by Crippen LogP contribution is -1.98. The van der Waals surface area contributed by atoms with E-state index in [1.807, 2.05) is 72.8 Å². The van der Waals surface area contributed by atoms with Gasteiger partial charge in [-0.15, -0.1) is 0 Å². The summed E-state index contributed by atoms with van der Waals surface area (Å²) in [5.41, 5.74) is 3.88. The molecule has 0 heterocycles. The Labute approximate surface area is 151 Å². The second kappa shape index (κ2) is 13.3. The molecule has 0 unspecified atom stereocenters. The molecule has 130 valence electrons. The highest BCUT2D eigenvalue weighted by molar-refractivity contribution is 5.86. The summed E-state index contributed by atoms with van der Waals surface area (Å²) in [6.07, 6.45) is 5.49. The normalized spacial score (nSPS) is 8.40. The highest BCUT2D eigenvalue weighted by Crippen LogP contribution is 2.10. The zero-order valence-corrected chi connectivity index (χ0v) is 15.1. The summed E-state index contributed by atoms with van der Waals surface area (Å²) in [7, 11) is 1.33. The summed E-state index contributed by atoms with van der Waals surface area (Å²) in [4.78, 5) is 10.2. The van der Waals surface area contributed by atoms with Crippen LogP contribution in [0.5, 0.6) is 0 Å². The van der Waals surface area contributed by atoms with Crippen LogP contribution in [0.4, 0.5) is 0 Å². The summed E-state index contributed by atoms with van der Waals surface area (Å²) >= 11 is 0. The lowest BCUT2D eigenvalue weighted by Gasteiger charge is -1.96. The first kappa shape index (κ1) is 21.9. The molecule has 2 aromatic rings. The SMILES string of the molecule is C=C(C)C(=O)OC.C=Cc1ccccc1.C=Cc1ccccc1C=C. The van der Waals surface area contributed by atoms with Gasteiger partial charge in [0.2, 0.25) is 0 Å². The van der Waals surface area contributed by atoms with Crippen molar-refractivity contribution < 1.29 is 9.53 Å². The van der Waals surface area contributed by atoms with E-state index in [0.717, 1.165) is 11.1 Å². The fourth-order valence-electron chi connectivity index (χ4n) is 1.65. The third-order valence-corrected chi connectivity index (χ3v) is 3.00. The summed E-state index contributed by atoms with van der Waals surface area (Å²) in [5.74, 6) is -0.347. The van der Waals surface area contributed by atoms with Crippen molar-refractivity contribution in [1.82, 2.24) is 0 Å². The Bertz CT molecular complexity index is 670. The van der Waals surface area contributed by atoms with E-state index in [4.69, 9.17) is 0 Å². The van der Waals surface area contributed by atoms with Crippen molar-refractivity contribution in [1.29, 1.82) is 0 Å². The summed E-state index contributed by atoms with van der Waals surface area (Å²) in [5, 5.41) is 0. The van der Waals surface area contributed by atoms with Gasteiger partial charge < -0.3 is 4.74 Å². The first-order chi connectivity index (χ1) is 12.0. The third-order valence-electron chi connectivity index (χ3n) is 3.00. The highest BCUT2D eigenvalue weighted by atomic mass is 16.5. The van der Waals surface area contributed by atoms with Crippen LogP contribution in [0.25, 0.3) is 18.2 Å². The Hall–Kier alpha value is -3.13. The predicted octanol–water partition coefficient (Wildman–Crippen LogP) is 6.04. The highest BCUT2D eigenvalue weighted by Gasteiger charge is 1.95. The molecule has 0 aliphatic rings. The van der Waals surface area contributed by atoms with Crippen LogP contribution in [0, 0.1) is 0 Å². The average Bonchev–Trinajstić information content (AvgIpc) is 2.68. The van der Waals surface area contributed by atoms with E-state index in [1.165, 1.54) is 12.7 Å². The number of ether oxygens (including phenoxy) is 1. The molecule has 0 N–H and O–H groups in total. The van der Waals surface area contributed by atoms with Crippen molar-refractivity contribution in [2.45, 2.75) is 6.92 Å². The Balaban J connectivity index is 0.000000353. The van der Waals surface area contributed by atoms with Gasteiger partial charge in [-0.25, -0.2) is 4.79 Å². The van der Waals surface area contributed by atoms with E-state index in [0.29, 0.717) is 5.57 Å². The van der Waals surface area contributed by atoms with E-state index in [-0.39, 0.29) is 5.97 Å².